The van der Waals surface area contributed by atoms with Crippen LogP contribution < -0.4 is 19.7 Å². The highest BCUT2D eigenvalue weighted by Crippen LogP contribution is 2.18. The Bertz CT molecular complexity index is 695. The summed E-state index contributed by atoms with van der Waals surface area (Å²) in [6, 6.07) is 11.4. The number of anilines is 1. The molecule has 0 bridgehead atoms. The van der Waals surface area contributed by atoms with Gasteiger partial charge >= 0.3 is 0 Å². The molecule has 2 aromatic rings. The van der Waals surface area contributed by atoms with Gasteiger partial charge in [-0.25, -0.2) is 4.98 Å². The van der Waals surface area contributed by atoms with Crippen molar-refractivity contribution >= 4 is 11.7 Å². The molecule has 0 radical (unpaired) electrons. The quantitative estimate of drug-likeness (QED) is 0.789. The van der Waals surface area contributed by atoms with E-state index < -0.39 is 0 Å². The number of carbonyl (C=O) groups is 1. The Kier molecular flexibility index (Phi) is 6.30. The van der Waals surface area contributed by atoms with E-state index in [4.69, 9.17) is 9.47 Å². The lowest BCUT2D eigenvalue weighted by atomic mass is 10.2. The first-order valence-corrected chi connectivity index (χ1v) is 8.98. The van der Waals surface area contributed by atoms with Gasteiger partial charge in [0.15, 0.2) is 0 Å². The van der Waals surface area contributed by atoms with E-state index in [1.54, 1.807) is 7.11 Å². The Hall–Kier alpha value is -2.76. The molecule has 0 aliphatic carbocycles. The van der Waals surface area contributed by atoms with Crippen molar-refractivity contribution in [1.82, 2.24) is 10.3 Å². The fourth-order valence-electron chi connectivity index (χ4n) is 2.88. The van der Waals surface area contributed by atoms with Crippen molar-refractivity contribution in [2.75, 3.05) is 31.7 Å². The molecule has 1 aromatic heterocycles. The minimum absolute atomic E-state index is 0.0397. The number of pyridine rings is 1. The molecule has 3 rings (SSSR count). The molecule has 1 aliphatic heterocycles. The number of methoxy groups -OCH3 is 1. The first-order valence-electron chi connectivity index (χ1n) is 8.98. The summed E-state index contributed by atoms with van der Waals surface area (Å²) in [7, 11) is 1.62. The van der Waals surface area contributed by atoms with Crippen molar-refractivity contribution in [2.24, 2.45) is 0 Å². The van der Waals surface area contributed by atoms with Crippen LogP contribution in [-0.4, -0.2) is 37.7 Å². The molecular formula is C20H25N3O3. The number of amides is 1. The van der Waals surface area contributed by atoms with Gasteiger partial charge in [-0.3, -0.25) is 4.79 Å². The molecule has 138 valence electrons. The largest absolute Gasteiger partial charge is 0.497 e. The zero-order chi connectivity index (χ0) is 18.2. The molecule has 1 aromatic carbocycles. The molecule has 6 heteroatoms. The predicted molar refractivity (Wildman–Crippen MR) is 101 cm³/mol. The van der Waals surface area contributed by atoms with Crippen LogP contribution in [0.25, 0.3) is 0 Å². The normalized spacial score (nSPS) is 13.5. The predicted octanol–water partition coefficient (Wildman–Crippen LogP) is 2.78. The zero-order valence-corrected chi connectivity index (χ0v) is 15.1. The molecule has 2 heterocycles. The molecule has 0 unspecified atom stereocenters. The topological polar surface area (TPSA) is 63.7 Å². The van der Waals surface area contributed by atoms with Crippen molar-refractivity contribution in [3.05, 3.63) is 48.2 Å². The van der Waals surface area contributed by atoms with Gasteiger partial charge in [0.05, 0.1) is 20.1 Å². The molecule has 0 atom stereocenters. The Morgan fingerprint density at radius 3 is 2.50 bits per heavy atom. The van der Waals surface area contributed by atoms with E-state index in [1.165, 1.54) is 12.8 Å². The van der Waals surface area contributed by atoms with Gasteiger partial charge in [0, 0.05) is 25.8 Å². The van der Waals surface area contributed by atoms with Gasteiger partial charge in [-0.15, -0.1) is 0 Å². The van der Waals surface area contributed by atoms with Gasteiger partial charge in [0.2, 0.25) is 5.91 Å². The van der Waals surface area contributed by atoms with Gasteiger partial charge in [-0.2, -0.15) is 0 Å². The zero-order valence-electron chi connectivity index (χ0n) is 15.1. The number of nitrogens with zero attached hydrogens (tertiary/aromatic N) is 2. The van der Waals surface area contributed by atoms with Gasteiger partial charge in [-0.05, 0) is 48.7 Å². The number of hydrogen-bond acceptors (Lipinski definition) is 5. The Balaban J connectivity index is 1.36. The molecular weight excluding hydrogens is 330 g/mol. The third-order valence-corrected chi connectivity index (χ3v) is 4.39. The maximum absolute atomic E-state index is 11.9. The summed E-state index contributed by atoms with van der Waals surface area (Å²) in [5.41, 5.74) is 0.998. The average Bonchev–Trinajstić information content (AvgIpc) is 3.22. The van der Waals surface area contributed by atoms with Crippen molar-refractivity contribution in [1.29, 1.82) is 0 Å². The Labute approximate surface area is 154 Å². The second-order valence-electron chi connectivity index (χ2n) is 6.27. The summed E-state index contributed by atoms with van der Waals surface area (Å²) in [5.74, 6) is 2.48. The van der Waals surface area contributed by atoms with Crippen molar-refractivity contribution in [3.8, 4) is 11.5 Å². The van der Waals surface area contributed by atoms with E-state index in [1.807, 2.05) is 42.6 Å². The fraction of sp³-hybridized carbons (Fsp3) is 0.400. The van der Waals surface area contributed by atoms with Crippen LogP contribution in [0.2, 0.25) is 0 Å². The molecule has 1 amide bonds. The summed E-state index contributed by atoms with van der Waals surface area (Å²) in [4.78, 5) is 18.7. The van der Waals surface area contributed by atoms with Crippen LogP contribution in [0.1, 0.15) is 24.8 Å². The highest BCUT2D eigenvalue weighted by atomic mass is 16.5. The lowest BCUT2D eigenvalue weighted by molar-refractivity contribution is -0.121. The average molecular weight is 355 g/mol. The van der Waals surface area contributed by atoms with Crippen LogP contribution in [0.5, 0.6) is 11.5 Å². The summed E-state index contributed by atoms with van der Waals surface area (Å²) in [5, 5.41) is 2.90. The lowest BCUT2D eigenvalue weighted by Gasteiger charge is -2.16. The van der Waals surface area contributed by atoms with Gasteiger partial charge in [0.1, 0.15) is 17.3 Å². The van der Waals surface area contributed by atoms with Crippen molar-refractivity contribution in [3.63, 3.8) is 0 Å². The van der Waals surface area contributed by atoms with Crippen LogP contribution in [-0.2, 0) is 11.3 Å². The lowest BCUT2D eigenvalue weighted by Crippen LogP contribution is -2.24. The number of ether oxygens (including phenoxy) is 2. The fourth-order valence-corrected chi connectivity index (χ4v) is 2.88. The van der Waals surface area contributed by atoms with Crippen LogP contribution in [0.4, 0.5) is 5.82 Å². The molecule has 6 nitrogen and oxygen atoms in total. The monoisotopic (exact) mass is 355 g/mol. The third kappa shape index (κ3) is 5.12. The highest BCUT2D eigenvalue weighted by molar-refractivity contribution is 5.76. The Morgan fingerprint density at radius 1 is 1.12 bits per heavy atom. The Morgan fingerprint density at radius 2 is 1.85 bits per heavy atom. The van der Waals surface area contributed by atoms with Crippen LogP contribution >= 0.6 is 0 Å². The first-order chi connectivity index (χ1) is 12.7. The van der Waals surface area contributed by atoms with Crippen LogP contribution in [0.15, 0.2) is 42.6 Å². The first kappa shape index (κ1) is 18.0. The molecule has 26 heavy (non-hydrogen) atoms. The summed E-state index contributed by atoms with van der Waals surface area (Å²) in [6.07, 6.45) is 4.61. The number of aromatic nitrogens is 1. The van der Waals surface area contributed by atoms with E-state index >= 15 is 0 Å². The second-order valence-corrected chi connectivity index (χ2v) is 6.27. The molecule has 0 saturated carbocycles. The minimum atomic E-state index is -0.0397. The van der Waals surface area contributed by atoms with E-state index in [-0.39, 0.29) is 5.91 Å². The number of carbonyl (C=O) groups excluding carboxylic acids is 1. The summed E-state index contributed by atoms with van der Waals surface area (Å²) < 4.78 is 10.7. The number of nitrogens with one attached hydrogen (secondary N) is 1. The maximum atomic E-state index is 11.9. The number of rotatable bonds is 8. The number of hydrogen-bond donors (Lipinski definition) is 1. The molecule has 1 saturated heterocycles. The van der Waals surface area contributed by atoms with Gasteiger partial charge in [-0.1, -0.05) is 6.07 Å². The van der Waals surface area contributed by atoms with E-state index in [2.05, 4.69) is 15.2 Å². The number of benzene rings is 1. The summed E-state index contributed by atoms with van der Waals surface area (Å²) in [6.45, 7) is 2.98. The van der Waals surface area contributed by atoms with Crippen molar-refractivity contribution in [2.45, 2.75) is 25.8 Å². The highest BCUT2D eigenvalue weighted by Gasteiger charge is 2.13. The SMILES string of the molecule is COc1ccc(OCCC(=O)NCc2ccc(N3CCCC3)nc2)cc1. The van der Waals surface area contributed by atoms with Crippen LogP contribution in [0.3, 0.4) is 0 Å². The minimum Gasteiger partial charge on any atom is -0.497 e. The van der Waals surface area contributed by atoms with E-state index in [9.17, 15) is 4.79 Å². The molecule has 1 fully saturated rings. The third-order valence-electron chi connectivity index (χ3n) is 4.39. The molecule has 1 aliphatic rings. The summed E-state index contributed by atoms with van der Waals surface area (Å²) >= 11 is 0. The standard InChI is InChI=1S/C20H25N3O3/c1-25-17-5-7-18(8-6-17)26-13-10-20(24)22-15-16-4-9-19(21-14-16)23-11-2-3-12-23/h4-9,14H,2-3,10-13,15H2,1H3,(H,22,24). The van der Waals surface area contributed by atoms with Gasteiger partial charge < -0.3 is 19.7 Å². The van der Waals surface area contributed by atoms with Gasteiger partial charge in [0.25, 0.3) is 0 Å². The van der Waals surface area contributed by atoms with E-state index in [0.29, 0.717) is 19.6 Å². The maximum Gasteiger partial charge on any atom is 0.223 e. The van der Waals surface area contributed by atoms with Crippen molar-refractivity contribution < 1.29 is 14.3 Å². The van der Waals surface area contributed by atoms with Crippen LogP contribution in [0, 0.1) is 0 Å². The van der Waals surface area contributed by atoms with E-state index in [0.717, 1.165) is 36.0 Å². The molecule has 0 spiro atoms. The molecule has 1 N–H and O–H groups in total. The second kappa shape index (κ2) is 9.08. The smallest absolute Gasteiger partial charge is 0.223 e.